The lowest BCUT2D eigenvalue weighted by atomic mass is 9.69. The van der Waals surface area contributed by atoms with Crippen LogP contribution in [0.2, 0.25) is 0 Å². The molecule has 1 N–H and O–H groups in total. The Labute approximate surface area is 120 Å². The predicted octanol–water partition coefficient (Wildman–Crippen LogP) is 1.51. The van der Waals surface area contributed by atoms with Crippen LogP contribution in [0.4, 0.5) is 0 Å². The maximum Gasteiger partial charge on any atom is 0.309 e. The standard InChI is InChI=1S/C15H25NO4/c1-3-19-14(17)10-5-6-13-12(9-10)11(7-8-16-13)15(18)20-4-2/h10-13,16H,3-9H2,1-2H3/t10-,11-,12+,13+/m1/s1. The van der Waals surface area contributed by atoms with Gasteiger partial charge >= 0.3 is 11.9 Å². The number of fused-ring (bicyclic) bond motifs is 1. The summed E-state index contributed by atoms with van der Waals surface area (Å²) in [5, 5.41) is 3.48. The highest BCUT2D eigenvalue weighted by atomic mass is 16.5. The van der Waals surface area contributed by atoms with Gasteiger partial charge in [0.05, 0.1) is 25.0 Å². The number of piperidine rings is 1. The molecule has 0 spiro atoms. The van der Waals surface area contributed by atoms with Crippen LogP contribution in [0, 0.1) is 17.8 Å². The Bertz CT molecular complexity index is 358. The fourth-order valence-electron chi connectivity index (χ4n) is 3.56. The highest BCUT2D eigenvalue weighted by molar-refractivity contribution is 5.74. The van der Waals surface area contributed by atoms with E-state index < -0.39 is 0 Å². The lowest BCUT2D eigenvalue weighted by molar-refractivity contribution is -0.157. The third-order valence-electron chi connectivity index (χ3n) is 4.49. The molecule has 2 rings (SSSR count). The van der Waals surface area contributed by atoms with Crippen molar-refractivity contribution in [3.8, 4) is 0 Å². The molecular weight excluding hydrogens is 258 g/mol. The maximum atomic E-state index is 12.1. The van der Waals surface area contributed by atoms with E-state index >= 15 is 0 Å². The predicted molar refractivity (Wildman–Crippen MR) is 74.0 cm³/mol. The molecule has 5 heteroatoms. The first-order valence-electron chi connectivity index (χ1n) is 7.74. The molecule has 114 valence electrons. The van der Waals surface area contributed by atoms with E-state index in [4.69, 9.17) is 9.47 Å². The molecule has 20 heavy (non-hydrogen) atoms. The Kier molecular flexibility index (Phi) is 5.40. The van der Waals surface area contributed by atoms with Gasteiger partial charge in [-0.05, 0) is 52.0 Å². The minimum absolute atomic E-state index is 0.0620. The van der Waals surface area contributed by atoms with E-state index in [1.54, 1.807) is 0 Å². The summed E-state index contributed by atoms with van der Waals surface area (Å²) in [5.41, 5.74) is 0. The Morgan fingerprint density at radius 3 is 2.45 bits per heavy atom. The lowest BCUT2D eigenvalue weighted by Gasteiger charge is -2.42. The summed E-state index contributed by atoms with van der Waals surface area (Å²) in [6.07, 6.45) is 3.32. The smallest absolute Gasteiger partial charge is 0.309 e. The topological polar surface area (TPSA) is 64.6 Å². The van der Waals surface area contributed by atoms with Gasteiger partial charge in [0.2, 0.25) is 0 Å². The number of carbonyl (C=O) groups excluding carboxylic acids is 2. The molecule has 0 radical (unpaired) electrons. The van der Waals surface area contributed by atoms with Crippen LogP contribution in [0.5, 0.6) is 0 Å². The van der Waals surface area contributed by atoms with Crippen molar-refractivity contribution in [2.24, 2.45) is 17.8 Å². The number of hydrogen-bond acceptors (Lipinski definition) is 5. The van der Waals surface area contributed by atoms with Crippen molar-refractivity contribution in [1.29, 1.82) is 0 Å². The van der Waals surface area contributed by atoms with Crippen molar-refractivity contribution in [2.45, 2.75) is 45.6 Å². The molecule has 1 aliphatic heterocycles. The zero-order valence-corrected chi connectivity index (χ0v) is 12.4. The van der Waals surface area contributed by atoms with Gasteiger partial charge in [0.25, 0.3) is 0 Å². The summed E-state index contributed by atoms with van der Waals surface area (Å²) < 4.78 is 10.3. The first-order valence-corrected chi connectivity index (χ1v) is 7.74. The van der Waals surface area contributed by atoms with Crippen LogP contribution in [0.3, 0.4) is 0 Å². The largest absolute Gasteiger partial charge is 0.466 e. The van der Waals surface area contributed by atoms with Crippen molar-refractivity contribution >= 4 is 11.9 Å². The van der Waals surface area contributed by atoms with Crippen LogP contribution in [0.25, 0.3) is 0 Å². The normalized spacial score (nSPS) is 33.1. The van der Waals surface area contributed by atoms with Crippen LogP contribution in [-0.2, 0) is 19.1 Å². The van der Waals surface area contributed by atoms with Gasteiger partial charge < -0.3 is 14.8 Å². The summed E-state index contributed by atoms with van der Waals surface area (Å²) >= 11 is 0. The first kappa shape index (κ1) is 15.3. The van der Waals surface area contributed by atoms with E-state index in [9.17, 15) is 9.59 Å². The van der Waals surface area contributed by atoms with Gasteiger partial charge in [-0.3, -0.25) is 9.59 Å². The monoisotopic (exact) mass is 283 g/mol. The van der Waals surface area contributed by atoms with Gasteiger partial charge in [0.1, 0.15) is 0 Å². The molecule has 2 aliphatic rings. The molecule has 4 atom stereocenters. The van der Waals surface area contributed by atoms with E-state index in [2.05, 4.69) is 5.32 Å². The molecule has 1 saturated heterocycles. The van der Waals surface area contributed by atoms with E-state index in [0.717, 1.165) is 32.2 Å². The molecule has 1 aliphatic carbocycles. The van der Waals surface area contributed by atoms with Crippen molar-refractivity contribution in [3.63, 3.8) is 0 Å². The lowest BCUT2D eigenvalue weighted by Crippen LogP contribution is -2.52. The van der Waals surface area contributed by atoms with Gasteiger partial charge in [-0.15, -0.1) is 0 Å². The molecule has 5 nitrogen and oxygen atoms in total. The molecular formula is C15H25NO4. The van der Waals surface area contributed by atoms with E-state index in [1.807, 2.05) is 13.8 Å². The molecule has 0 unspecified atom stereocenters. The van der Waals surface area contributed by atoms with Crippen LogP contribution < -0.4 is 5.32 Å². The third kappa shape index (κ3) is 3.32. The average Bonchev–Trinajstić information content (AvgIpc) is 2.46. The van der Waals surface area contributed by atoms with Gasteiger partial charge in [-0.25, -0.2) is 0 Å². The second kappa shape index (κ2) is 7.07. The van der Waals surface area contributed by atoms with Crippen molar-refractivity contribution < 1.29 is 19.1 Å². The molecule has 1 saturated carbocycles. The van der Waals surface area contributed by atoms with E-state index in [-0.39, 0.29) is 29.7 Å². The third-order valence-corrected chi connectivity index (χ3v) is 4.49. The van der Waals surface area contributed by atoms with Crippen molar-refractivity contribution in [1.82, 2.24) is 5.32 Å². The number of ether oxygens (including phenoxy) is 2. The van der Waals surface area contributed by atoms with Crippen LogP contribution in [0.15, 0.2) is 0 Å². The minimum atomic E-state index is -0.112. The summed E-state index contributed by atoms with van der Waals surface area (Å²) in [4.78, 5) is 24.0. The Balaban J connectivity index is 2.02. The van der Waals surface area contributed by atoms with E-state index in [1.165, 1.54) is 0 Å². The van der Waals surface area contributed by atoms with Crippen LogP contribution in [-0.4, -0.2) is 37.7 Å². The highest BCUT2D eigenvalue weighted by Gasteiger charge is 2.43. The number of esters is 2. The summed E-state index contributed by atoms with van der Waals surface area (Å²) in [5.74, 6) is -0.148. The summed E-state index contributed by atoms with van der Waals surface area (Å²) in [7, 11) is 0. The van der Waals surface area contributed by atoms with Crippen LogP contribution in [0.1, 0.15) is 39.5 Å². The van der Waals surface area contributed by atoms with Gasteiger partial charge in [-0.1, -0.05) is 0 Å². The molecule has 0 aromatic heterocycles. The molecule has 0 bridgehead atoms. The quantitative estimate of drug-likeness (QED) is 0.792. The molecule has 0 amide bonds. The number of nitrogens with one attached hydrogen (secondary N) is 1. The van der Waals surface area contributed by atoms with Crippen molar-refractivity contribution in [3.05, 3.63) is 0 Å². The fraction of sp³-hybridized carbons (Fsp3) is 0.867. The number of carbonyl (C=O) groups is 2. The van der Waals surface area contributed by atoms with Crippen LogP contribution >= 0.6 is 0 Å². The van der Waals surface area contributed by atoms with Gasteiger partial charge in [0.15, 0.2) is 0 Å². The summed E-state index contributed by atoms with van der Waals surface area (Å²) in [6, 6.07) is 0.337. The summed E-state index contributed by atoms with van der Waals surface area (Å²) in [6.45, 7) is 5.35. The average molecular weight is 283 g/mol. The highest BCUT2D eigenvalue weighted by Crippen LogP contribution is 2.38. The molecule has 1 heterocycles. The zero-order chi connectivity index (χ0) is 14.5. The second-order valence-electron chi connectivity index (χ2n) is 5.63. The van der Waals surface area contributed by atoms with Gasteiger partial charge in [0, 0.05) is 6.04 Å². The Hall–Kier alpha value is -1.10. The fourth-order valence-corrected chi connectivity index (χ4v) is 3.56. The van der Waals surface area contributed by atoms with E-state index in [0.29, 0.717) is 19.3 Å². The molecule has 2 fully saturated rings. The molecule has 0 aromatic rings. The Morgan fingerprint density at radius 2 is 1.75 bits per heavy atom. The minimum Gasteiger partial charge on any atom is -0.466 e. The second-order valence-corrected chi connectivity index (χ2v) is 5.63. The Morgan fingerprint density at radius 1 is 1.05 bits per heavy atom. The van der Waals surface area contributed by atoms with Crippen molar-refractivity contribution in [2.75, 3.05) is 19.8 Å². The number of hydrogen-bond donors (Lipinski definition) is 1. The van der Waals surface area contributed by atoms with Gasteiger partial charge in [-0.2, -0.15) is 0 Å². The zero-order valence-electron chi connectivity index (χ0n) is 12.4. The number of rotatable bonds is 4. The first-order chi connectivity index (χ1) is 9.67. The molecule has 0 aromatic carbocycles. The maximum absolute atomic E-state index is 12.1. The SMILES string of the molecule is CCOC(=O)[C@@H]1CC[C@@H]2NCC[C@@H](C(=O)OCC)[C@@H]2C1.